The van der Waals surface area contributed by atoms with Crippen LogP contribution in [0.5, 0.6) is 0 Å². The van der Waals surface area contributed by atoms with Crippen molar-refractivity contribution in [2.24, 2.45) is 0 Å². The molecule has 2 aromatic rings. The molecule has 0 aliphatic rings. The summed E-state index contributed by atoms with van der Waals surface area (Å²) in [6, 6.07) is 6.05. The average Bonchev–Trinajstić information content (AvgIpc) is 2.78. The number of aromatic nitrogens is 4. The molecule has 2 rings (SSSR count). The monoisotopic (exact) mass is 245 g/mol. The minimum atomic E-state index is 0.718. The molecule has 0 aromatic carbocycles. The molecule has 0 atom stereocenters. The molecule has 0 amide bonds. The molecule has 0 radical (unpaired) electrons. The second-order valence-corrected chi connectivity index (χ2v) is 4.27. The third-order valence-corrected chi connectivity index (χ3v) is 2.67. The van der Waals surface area contributed by atoms with Crippen molar-refractivity contribution in [3.05, 3.63) is 41.7 Å². The lowest BCUT2D eigenvalue weighted by Gasteiger charge is -2.06. The van der Waals surface area contributed by atoms with Crippen molar-refractivity contribution >= 4 is 0 Å². The van der Waals surface area contributed by atoms with Crippen molar-refractivity contribution in [3.63, 3.8) is 0 Å². The molecule has 0 saturated carbocycles. The summed E-state index contributed by atoms with van der Waals surface area (Å²) in [7, 11) is 0. The van der Waals surface area contributed by atoms with Crippen LogP contribution in [-0.4, -0.2) is 19.7 Å². The summed E-state index contributed by atoms with van der Waals surface area (Å²) in [4.78, 5) is 8.70. The first-order chi connectivity index (χ1) is 8.79. The predicted molar refractivity (Wildman–Crippen MR) is 69.8 cm³/mol. The second-order valence-electron chi connectivity index (χ2n) is 4.27. The zero-order valence-electron chi connectivity index (χ0n) is 10.9. The Bertz CT molecular complexity index is 492. The van der Waals surface area contributed by atoms with Gasteiger partial charge in [0.05, 0.1) is 12.2 Å². The van der Waals surface area contributed by atoms with Crippen LogP contribution in [0.1, 0.15) is 30.6 Å². The number of nitrogens with zero attached hydrogens (tertiary/aromatic N) is 4. The third kappa shape index (κ3) is 3.37. The maximum absolute atomic E-state index is 4.45. The van der Waals surface area contributed by atoms with Crippen molar-refractivity contribution in [2.75, 3.05) is 0 Å². The van der Waals surface area contributed by atoms with Crippen LogP contribution in [0, 0.1) is 6.92 Å². The molecule has 0 unspecified atom stereocenters. The minimum absolute atomic E-state index is 0.718. The summed E-state index contributed by atoms with van der Waals surface area (Å²) in [6.07, 6.45) is 2.67. The molecule has 96 valence electrons. The molecule has 0 spiro atoms. The largest absolute Gasteiger partial charge is 0.304 e. The zero-order valence-corrected chi connectivity index (χ0v) is 10.9. The molecular weight excluding hydrogens is 226 g/mol. The van der Waals surface area contributed by atoms with Crippen LogP contribution in [0.15, 0.2) is 24.5 Å². The molecular formula is C13H19N5. The van der Waals surface area contributed by atoms with Crippen LogP contribution in [0.3, 0.4) is 0 Å². The average molecular weight is 245 g/mol. The lowest BCUT2D eigenvalue weighted by molar-refractivity contribution is 0.540. The number of pyridine rings is 1. The second kappa shape index (κ2) is 6.26. The van der Waals surface area contributed by atoms with E-state index in [4.69, 9.17) is 0 Å². The molecule has 18 heavy (non-hydrogen) atoms. The summed E-state index contributed by atoms with van der Waals surface area (Å²) < 4.78 is 1.94. The van der Waals surface area contributed by atoms with Crippen molar-refractivity contribution in [1.82, 2.24) is 25.1 Å². The Labute approximate surface area is 107 Å². The van der Waals surface area contributed by atoms with Crippen LogP contribution in [0.4, 0.5) is 0 Å². The third-order valence-electron chi connectivity index (χ3n) is 2.67. The van der Waals surface area contributed by atoms with E-state index in [1.54, 1.807) is 6.33 Å². The van der Waals surface area contributed by atoms with Crippen molar-refractivity contribution in [1.29, 1.82) is 0 Å². The maximum Gasteiger partial charge on any atom is 0.140 e. The number of hydrogen-bond acceptors (Lipinski definition) is 4. The van der Waals surface area contributed by atoms with E-state index in [0.29, 0.717) is 0 Å². The van der Waals surface area contributed by atoms with E-state index in [2.05, 4.69) is 27.3 Å². The number of nitrogens with one attached hydrogen (secondary N) is 1. The number of rotatable bonds is 6. The van der Waals surface area contributed by atoms with E-state index in [1.807, 2.05) is 29.8 Å². The maximum atomic E-state index is 4.45. The van der Waals surface area contributed by atoms with Gasteiger partial charge in [0.25, 0.3) is 0 Å². The van der Waals surface area contributed by atoms with Crippen molar-refractivity contribution in [3.8, 4) is 0 Å². The van der Waals surface area contributed by atoms with Crippen LogP contribution >= 0.6 is 0 Å². The highest BCUT2D eigenvalue weighted by Crippen LogP contribution is 1.99. The van der Waals surface area contributed by atoms with E-state index >= 15 is 0 Å². The molecule has 5 nitrogen and oxygen atoms in total. The topological polar surface area (TPSA) is 55.6 Å². The highest BCUT2D eigenvalue weighted by molar-refractivity contribution is 5.09. The van der Waals surface area contributed by atoms with Gasteiger partial charge in [0.15, 0.2) is 0 Å². The van der Waals surface area contributed by atoms with Gasteiger partial charge >= 0.3 is 0 Å². The van der Waals surface area contributed by atoms with Crippen LogP contribution < -0.4 is 5.32 Å². The van der Waals surface area contributed by atoms with Gasteiger partial charge in [0.1, 0.15) is 12.2 Å². The van der Waals surface area contributed by atoms with E-state index in [1.165, 1.54) is 0 Å². The Morgan fingerprint density at radius 2 is 2.17 bits per heavy atom. The molecule has 2 heterocycles. The normalized spacial score (nSPS) is 10.8. The summed E-state index contributed by atoms with van der Waals surface area (Å²) in [6.45, 7) is 6.52. The Balaban J connectivity index is 1.86. The molecule has 0 fully saturated rings. The Morgan fingerprint density at radius 3 is 2.94 bits per heavy atom. The van der Waals surface area contributed by atoms with Gasteiger partial charge in [-0.05, 0) is 25.5 Å². The molecule has 0 saturated heterocycles. The molecule has 5 heteroatoms. The fraction of sp³-hybridized carbons (Fsp3) is 0.462. The number of hydrogen-bond donors (Lipinski definition) is 1. The van der Waals surface area contributed by atoms with E-state index in [-0.39, 0.29) is 0 Å². The van der Waals surface area contributed by atoms with Crippen LogP contribution in [0.2, 0.25) is 0 Å². The summed E-state index contributed by atoms with van der Waals surface area (Å²) in [5.74, 6) is 0.976. The fourth-order valence-electron chi connectivity index (χ4n) is 1.82. The van der Waals surface area contributed by atoms with Gasteiger partial charge in [0.2, 0.25) is 0 Å². The molecule has 1 N–H and O–H groups in total. The summed E-state index contributed by atoms with van der Waals surface area (Å²) >= 11 is 0. The smallest absolute Gasteiger partial charge is 0.140 e. The van der Waals surface area contributed by atoms with Gasteiger partial charge in [-0.2, -0.15) is 5.10 Å². The Morgan fingerprint density at radius 1 is 1.28 bits per heavy atom. The van der Waals surface area contributed by atoms with Crippen LogP contribution in [-0.2, 0) is 19.6 Å². The highest BCUT2D eigenvalue weighted by atomic mass is 15.3. The Kier molecular flexibility index (Phi) is 4.41. The lowest BCUT2D eigenvalue weighted by atomic mass is 10.3. The first-order valence-electron chi connectivity index (χ1n) is 6.29. The van der Waals surface area contributed by atoms with Gasteiger partial charge in [-0.15, -0.1) is 0 Å². The van der Waals surface area contributed by atoms with Crippen LogP contribution in [0.25, 0.3) is 0 Å². The first kappa shape index (κ1) is 12.7. The molecule has 0 bridgehead atoms. The van der Waals surface area contributed by atoms with Crippen molar-refractivity contribution < 1.29 is 0 Å². The van der Waals surface area contributed by atoms with Gasteiger partial charge in [-0.25, -0.2) is 9.67 Å². The molecule has 2 aromatic heterocycles. The summed E-state index contributed by atoms with van der Waals surface area (Å²) in [5.41, 5.74) is 2.10. The van der Waals surface area contributed by atoms with Gasteiger partial charge in [-0.1, -0.05) is 13.0 Å². The number of aryl methyl sites for hydroxylation is 2. The standard InChI is InChI=1S/C13H19N5/c1-3-7-18-13(15-10-16-18)9-14-8-12-6-4-5-11(2)17-12/h4-6,10,14H,3,7-9H2,1-2H3. The van der Waals surface area contributed by atoms with E-state index in [9.17, 15) is 0 Å². The molecule has 0 aliphatic heterocycles. The van der Waals surface area contributed by atoms with Gasteiger partial charge < -0.3 is 5.32 Å². The van der Waals surface area contributed by atoms with Crippen molar-refractivity contribution in [2.45, 2.75) is 39.9 Å². The fourth-order valence-corrected chi connectivity index (χ4v) is 1.82. The van der Waals surface area contributed by atoms with Gasteiger partial charge in [-0.3, -0.25) is 4.98 Å². The predicted octanol–water partition coefficient (Wildman–Crippen LogP) is 1.68. The minimum Gasteiger partial charge on any atom is -0.304 e. The zero-order chi connectivity index (χ0) is 12.8. The quantitative estimate of drug-likeness (QED) is 0.841. The SMILES string of the molecule is CCCn1ncnc1CNCc1cccc(C)n1. The first-order valence-corrected chi connectivity index (χ1v) is 6.29. The Hall–Kier alpha value is -1.75. The highest BCUT2D eigenvalue weighted by Gasteiger charge is 2.03. The lowest BCUT2D eigenvalue weighted by Crippen LogP contribution is -2.18. The van der Waals surface area contributed by atoms with Gasteiger partial charge in [0, 0.05) is 18.8 Å². The van der Waals surface area contributed by atoms with E-state index < -0.39 is 0 Å². The molecule has 0 aliphatic carbocycles. The summed E-state index contributed by atoms with van der Waals surface area (Å²) in [5, 5.41) is 7.54. The van der Waals surface area contributed by atoms with E-state index in [0.717, 1.165) is 43.3 Å².